The lowest BCUT2D eigenvalue weighted by atomic mass is 9.97. The highest BCUT2D eigenvalue weighted by Crippen LogP contribution is 2.40. The molecule has 0 bridgehead atoms. The largest absolute Gasteiger partial charge is 0.393 e. The van der Waals surface area contributed by atoms with Crippen molar-refractivity contribution in [3.8, 4) is 23.0 Å². The predicted molar refractivity (Wildman–Crippen MR) is 102 cm³/mol. The van der Waals surface area contributed by atoms with Crippen LogP contribution in [-0.2, 0) is 5.60 Å². The molecule has 0 aliphatic heterocycles. The Morgan fingerprint density at radius 3 is 2.44 bits per heavy atom. The third-order valence-electron chi connectivity index (χ3n) is 5.24. The lowest BCUT2D eigenvalue weighted by Gasteiger charge is -2.19. The number of nitriles is 1. The molecule has 4 rings (SSSR count). The van der Waals surface area contributed by atoms with E-state index in [1.165, 1.54) is 5.56 Å². The number of aliphatic hydroxyl groups excluding tert-OH is 1. The van der Waals surface area contributed by atoms with E-state index in [0.29, 0.717) is 30.5 Å². The third-order valence-corrected chi connectivity index (χ3v) is 5.24. The van der Waals surface area contributed by atoms with E-state index >= 15 is 0 Å². The molecule has 2 unspecified atom stereocenters. The number of benzene rings is 2. The van der Waals surface area contributed by atoms with E-state index in [1.54, 1.807) is 16.8 Å². The molecule has 1 fully saturated rings. The van der Waals surface area contributed by atoms with Crippen LogP contribution in [0.2, 0.25) is 0 Å². The number of rotatable bonds is 3. The molecule has 0 saturated heterocycles. The van der Waals surface area contributed by atoms with E-state index in [0.717, 1.165) is 16.9 Å². The highest BCUT2D eigenvalue weighted by atomic mass is 16.3. The van der Waals surface area contributed by atoms with Crippen LogP contribution in [0.3, 0.4) is 0 Å². The van der Waals surface area contributed by atoms with Gasteiger partial charge in [-0.1, -0.05) is 29.8 Å². The molecule has 5 nitrogen and oxygen atoms in total. The number of hydrogen-bond donors (Lipinski definition) is 2. The van der Waals surface area contributed by atoms with E-state index in [1.807, 2.05) is 49.4 Å². The van der Waals surface area contributed by atoms with Crippen LogP contribution in [0.5, 0.6) is 0 Å². The quantitative estimate of drug-likeness (QED) is 0.750. The van der Waals surface area contributed by atoms with E-state index in [4.69, 9.17) is 10.4 Å². The van der Waals surface area contributed by atoms with Gasteiger partial charge in [0.1, 0.15) is 5.60 Å². The van der Waals surface area contributed by atoms with Crippen LogP contribution in [0.25, 0.3) is 16.9 Å². The molecule has 3 aromatic rings. The number of aliphatic hydroxyl groups is 2. The van der Waals surface area contributed by atoms with Crippen molar-refractivity contribution in [1.82, 2.24) is 9.78 Å². The summed E-state index contributed by atoms with van der Waals surface area (Å²) >= 11 is 0. The molecular weight excluding hydrogens is 338 g/mol. The molecular formula is C22H21N3O2. The summed E-state index contributed by atoms with van der Waals surface area (Å²) in [6, 6.07) is 19.4. The zero-order valence-electron chi connectivity index (χ0n) is 15.1. The van der Waals surface area contributed by atoms with Gasteiger partial charge in [0.25, 0.3) is 0 Å². The first-order chi connectivity index (χ1) is 13.0. The zero-order chi connectivity index (χ0) is 19.0. The number of aryl methyl sites for hydroxylation is 1. The van der Waals surface area contributed by atoms with Gasteiger partial charge in [-0.05, 0) is 50.1 Å². The topological polar surface area (TPSA) is 82.1 Å². The van der Waals surface area contributed by atoms with Gasteiger partial charge in [-0.25, -0.2) is 4.68 Å². The van der Waals surface area contributed by atoms with Gasteiger partial charge in [0.15, 0.2) is 0 Å². The standard InChI is InChI=1S/C22H21N3O2/c1-15-2-6-17(7-3-15)20-12-21(22(27)11-10-19(26)13-22)24-25(20)18-8-4-16(14-23)5-9-18/h2-9,12,19,26-27H,10-11,13H2,1H3. The molecule has 2 atom stereocenters. The van der Waals surface area contributed by atoms with Crippen LogP contribution in [0.4, 0.5) is 0 Å². The van der Waals surface area contributed by atoms with Gasteiger partial charge >= 0.3 is 0 Å². The van der Waals surface area contributed by atoms with Crippen LogP contribution in [0.15, 0.2) is 54.6 Å². The maximum Gasteiger partial charge on any atom is 0.111 e. The summed E-state index contributed by atoms with van der Waals surface area (Å²) in [4.78, 5) is 0. The Morgan fingerprint density at radius 2 is 1.85 bits per heavy atom. The van der Waals surface area contributed by atoms with Crippen molar-refractivity contribution in [2.75, 3.05) is 0 Å². The number of aromatic nitrogens is 2. The summed E-state index contributed by atoms with van der Waals surface area (Å²) in [7, 11) is 0. The Hall–Kier alpha value is -2.94. The fourth-order valence-corrected chi connectivity index (χ4v) is 3.64. The van der Waals surface area contributed by atoms with Gasteiger partial charge in [-0.3, -0.25) is 0 Å². The molecule has 1 saturated carbocycles. The normalized spacial score (nSPS) is 21.9. The first-order valence-corrected chi connectivity index (χ1v) is 9.07. The average Bonchev–Trinajstić information content (AvgIpc) is 3.27. The van der Waals surface area contributed by atoms with Crippen molar-refractivity contribution in [2.45, 2.75) is 37.9 Å². The maximum absolute atomic E-state index is 11.0. The first kappa shape index (κ1) is 17.5. The van der Waals surface area contributed by atoms with Crippen molar-refractivity contribution in [1.29, 1.82) is 5.26 Å². The minimum Gasteiger partial charge on any atom is -0.393 e. The van der Waals surface area contributed by atoms with Gasteiger partial charge in [-0.15, -0.1) is 0 Å². The summed E-state index contributed by atoms with van der Waals surface area (Å²) in [6.45, 7) is 2.04. The Kier molecular flexibility index (Phi) is 4.31. The van der Waals surface area contributed by atoms with Gasteiger partial charge in [-0.2, -0.15) is 10.4 Å². The number of nitrogens with zero attached hydrogens (tertiary/aromatic N) is 3. The number of hydrogen-bond acceptors (Lipinski definition) is 4. The molecule has 0 amide bonds. The fourth-order valence-electron chi connectivity index (χ4n) is 3.64. The van der Waals surface area contributed by atoms with Gasteiger partial charge in [0.05, 0.1) is 34.8 Å². The van der Waals surface area contributed by atoms with Crippen molar-refractivity contribution in [2.24, 2.45) is 0 Å². The summed E-state index contributed by atoms with van der Waals surface area (Å²) < 4.78 is 1.80. The van der Waals surface area contributed by atoms with E-state index < -0.39 is 11.7 Å². The molecule has 0 radical (unpaired) electrons. The van der Waals surface area contributed by atoms with E-state index in [2.05, 4.69) is 6.07 Å². The second-order valence-corrected chi connectivity index (χ2v) is 7.28. The Balaban J connectivity index is 1.84. The smallest absolute Gasteiger partial charge is 0.111 e. The molecule has 1 heterocycles. The highest BCUT2D eigenvalue weighted by molar-refractivity contribution is 5.63. The first-order valence-electron chi connectivity index (χ1n) is 9.07. The van der Waals surface area contributed by atoms with Crippen molar-refractivity contribution < 1.29 is 10.2 Å². The molecule has 0 spiro atoms. The monoisotopic (exact) mass is 359 g/mol. The van der Waals surface area contributed by atoms with Crippen LogP contribution < -0.4 is 0 Å². The van der Waals surface area contributed by atoms with Gasteiger partial charge in [0, 0.05) is 12.0 Å². The van der Waals surface area contributed by atoms with E-state index in [-0.39, 0.29) is 0 Å². The predicted octanol–water partition coefficient (Wildman–Crippen LogP) is 3.45. The van der Waals surface area contributed by atoms with Crippen molar-refractivity contribution >= 4 is 0 Å². The minimum absolute atomic E-state index is 0.296. The Bertz CT molecular complexity index is 1000. The zero-order valence-corrected chi connectivity index (χ0v) is 15.1. The highest BCUT2D eigenvalue weighted by Gasteiger charge is 2.40. The second kappa shape index (κ2) is 6.66. The van der Waals surface area contributed by atoms with Crippen molar-refractivity contribution in [3.05, 3.63) is 71.4 Å². The molecule has 1 aliphatic carbocycles. The molecule has 1 aliphatic rings. The Morgan fingerprint density at radius 1 is 1.15 bits per heavy atom. The third kappa shape index (κ3) is 3.25. The molecule has 2 N–H and O–H groups in total. The van der Waals surface area contributed by atoms with Crippen LogP contribution >= 0.6 is 0 Å². The molecule has 27 heavy (non-hydrogen) atoms. The van der Waals surface area contributed by atoms with Gasteiger partial charge < -0.3 is 10.2 Å². The van der Waals surface area contributed by atoms with Crippen LogP contribution in [0, 0.1) is 18.3 Å². The molecule has 1 aromatic heterocycles. The summed E-state index contributed by atoms with van der Waals surface area (Å²) in [5.41, 5.74) is 3.88. The van der Waals surface area contributed by atoms with Crippen LogP contribution in [-0.4, -0.2) is 26.1 Å². The molecule has 5 heteroatoms. The summed E-state index contributed by atoms with van der Waals surface area (Å²) in [6.07, 6.45) is 0.856. The fraction of sp³-hybridized carbons (Fsp3) is 0.273. The van der Waals surface area contributed by atoms with Gasteiger partial charge in [0.2, 0.25) is 0 Å². The minimum atomic E-state index is -1.11. The Labute approximate surface area is 158 Å². The maximum atomic E-state index is 11.0. The second-order valence-electron chi connectivity index (χ2n) is 7.28. The van der Waals surface area contributed by atoms with E-state index in [9.17, 15) is 10.2 Å². The lowest BCUT2D eigenvalue weighted by Crippen LogP contribution is -2.23. The molecule has 2 aromatic carbocycles. The lowest BCUT2D eigenvalue weighted by molar-refractivity contribution is 0.0246. The molecule has 136 valence electrons. The van der Waals surface area contributed by atoms with Crippen LogP contribution in [0.1, 0.15) is 36.1 Å². The average molecular weight is 359 g/mol. The summed E-state index contributed by atoms with van der Waals surface area (Å²) in [5, 5.41) is 34.6. The summed E-state index contributed by atoms with van der Waals surface area (Å²) in [5.74, 6) is 0. The van der Waals surface area contributed by atoms with Crippen molar-refractivity contribution in [3.63, 3.8) is 0 Å². The SMILES string of the molecule is Cc1ccc(-c2cc(C3(O)CCC(O)C3)nn2-c2ccc(C#N)cc2)cc1.